The number of esters is 1. The second kappa shape index (κ2) is 7.74. The van der Waals surface area contributed by atoms with Crippen molar-refractivity contribution in [3.05, 3.63) is 92.4 Å². The minimum Gasteiger partial charge on any atom is -0.507 e. The van der Waals surface area contributed by atoms with Crippen molar-refractivity contribution < 1.29 is 33.7 Å². The SMILES string of the molecule is O=C1C[C@H](c2coc3ccccc3c2=O)c2c(cc(O)c3c(=O)cc(-c4ccc(O)c(O)c4)oc23)O1. The van der Waals surface area contributed by atoms with Gasteiger partial charge in [0.15, 0.2) is 22.4 Å². The van der Waals surface area contributed by atoms with E-state index < -0.39 is 28.8 Å². The summed E-state index contributed by atoms with van der Waals surface area (Å²) in [6, 6.07) is 12.8. The molecule has 36 heavy (non-hydrogen) atoms. The normalized spacial score (nSPS) is 15.1. The van der Waals surface area contributed by atoms with Gasteiger partial charge in [-0.05, 0) is 30.3 Å². The van der Waals surface area contributed by atoms with Crippen molar-refractivity contribution in [3.8, 4) is 34.3 Å². The summed E-state index contributed by atoms with van der Waals surface area (Å²) in [6.45, 7) is 0. The third-order valence-electron chi connectivity index (χ3n) is 6.27. The lowest BCUT2D eigenvalue weighted by atomic mass is 9.85. The Morgan fingerprint density at radius 2 is 1.67 bits per heavy atom. The predicted molar refractivity (Wildman–Crippen MR) is 127 cm³/mol. The van der Waals surface area contributed by atoms with Gasteiger partial charge in [-0.1, -0.05) is 12.1 Å². The van der Waals surface area contributed by atoms with E-state index in [-0.39, 0.29) is 56.8 Å². The molecule has 0 aliphatic carbocycles. The maximum Gasteiger partial charge on any atom is 0.312 e. The van der Waals surface area contributed by atoms with E-state index in [9.17, 15) is 29.7 Å². The molecule has 3 aromatic carbocycles. The van der Waals surface area contributed by atoms with Crippen LogP contribution < -0.4 is 15.6 Å². The van der Waals surface area contributed by atoms with Crippen molar-refractivity contribution in [2.45, 2.75) is 12.3 Å². The van der Waals surface area contributed by atoms with E-state index in [4.69, 9.17) is 13.6 Å². The van der Waals surface area contributed by atoms with E-state index in [1.54, 1.807) is 24.3 Å². The molecule has 3 heterocycles. The molecule has 3 N–H and O–H groups in total. The number of carbonyl (C=O) groups is 1. The molecule has 1 aliphatic heterocycles. The average molecular weight is 484 g/mol. The number of para-hydroxylation sites is 1. The van der Waals surface area contributed by atoms with Gasteiger partial charge in [0, 0.05) is 34.7 Å². The molecule has 0 fully saturated rings. The Morgan fingerprint density at radius 1 is 0.861 bits per heavy atom. The molecule has 9 nitrogen and oxygen atoms in total. The van der Waals surface area contributed by atoms with Gasteiger partial charge in [0.05, 0.1) is 18.1 Å². The van der Waals surface area contributed by atoms with E-state index in [1.807, 2.05) is 0 Å². The summed E-state index contributed by atoms with van der Waals surface area (Å²) in [7, 11) is 0. The second-order valence-corrected chi connectivity index (χ2v) is 8.44. The van der Waals surface area contributed by atoms with Gasteiger partial charge >= 0.3 is 5.97 Å². The summed E-state index contributed by atoms with van der Waals surface area (Å²) in [4.78, 5) is 38.9. The zero-order valence-corrected chi connectivity index (χ0v) is 18.3. The second-order valence-electron chi connectivity index (χ2n) is 8.44. The van der Waals surface area contributed by atoms with Crippen molar-refractivity contribution >= 4 is 27.9 Å². The highest BCUT2D eigenvalue weighted by molar-refractivity contribution is 5.93. The first-order valence-electron chi connectivity index (χ1n) is 10.9. The average Bonchev–Trinajstić information content (AvgIpc) is 2.85. The number of rotatable bonds is 2. The highest BCUT2D eigenvalue weighted by Crippen LogP contribution is 2.45. The Labute approximate surface area is 201 Å². The molecule has 0 radical (unpaired) electrons. The van der Waals surface area contributed by atoms with Crippen molar-refractivity contribution in [1.82, 2.24) is 0 Å². The zero-order valence-electron chi connectivity index (χ0n) is 18.3. The largest absolute Gasteiger partial charge is 0.507 e. The third-order valence-corrected chi connectivity index (χ3v) is 6.27. The molecule has 2 aromatic heterocycles. The summed E-state index contributed by atoms with van der Waals surface area (Å²) in [5.74, 6) is -2.80. The van der Waals surface area contributed by atoms with E-state index in [1.165, 1.54) is 24.5 Å². The summed E-state index contributed by atoms with van der Waals surface area (Å²) in [5, 5.41) is 30.3. The number of benzene rings is 3. The fourth-order valence-corrected chi connectivity index (χ4v) is 4.58. The smallest absolute Gasteiger partial charge is 0.312 e. The number of hydrogen-bond donors (Lipinski definition) is 3. The third kappa shape index (κ3) is 3.21. The fourth-order valence-electron chi connectivity index (χ4n) is 4.58. The summed E-state index contributed by atoms with van der Waals surface area (Å²) >= 11 is 0. The molecule has 0 bridgehead atoms. The Hall–Kier alpha value is -5.05. The summed E-state index contributed by atoms with van der Waals surface area (Å²) in [6.07, 6.45) is 1.04. The lowest BCUT2D eigenvalue weighted by molar-refractivity contribution is -0.135. The van der Waals surface area contributed by atoms with Crippen LogP contribution in [0.4, 0.5) is 0 Å². The van der Waals surface area contributed by atoms with Crippen LogP contribution in [0.5, 0.6) is 23.0 Å². The molecule has 1 aliphatic rings. The first-order chi connectivity index (χ1) is 17.3. The summed E-state index contributed by atoms with van der Waals surface area (Å²) in [5.41, 5.74) is 0.00862. The predicted octanol–water partition coefficient (Wildman–Crippen LogP) is 4.12. The Balaban J connectivity index is 1.67. The van der Waals surface area contributed by atoms with Crippen LogP contribution in [0.25, 0.3) is 33.3 Å². The maximum atomic E-state index is 13.4. The van der Waals surface area contributed by atoms with E-state index in [2.05, 4.69) is 0 Å². The molecule has 0 spiro atoms. The van der Waals surface area contributed by atoms with Crippen molar-refractivity contribution in [3.63, 3.8) is 0 Å². The van der Waals surface area contributed by atoms with Gasteiger partial charge in [-0.2, -0.15) is 0 Å². The molecular formula is C27H16O9. The van der Waals surface area contributed by atoms with Gasteiger partial charge in [0.25, 0.3) is 0 Å². The maximum absolute atomic E-state index is 13.4. The molecule has 5 aromatic rings. The van der Waals surface area contributed by atoms with Crippen molar-refractivity contribution in [2.75, 3.05) is 0 Å². The van der Waals surface area contributed by atoms with Crippen LogP contribution in [0.15, 0.2) is 79.3 Å². The molecule has 1 atom stereocenters. The molecule has 0 saturated heterocycles. The topological polar surface area (TPSA) is 147 Å². The molecular weight excluding hydrogens is 468 g/mol. The number of aromatic hydroxyl groups is 3. The molecule has 6 rings (SSSR count). The monoisotopic (exact) mass is 484 g/mol. The molecule has 0 amide bonds. The Bertz CT molecular complexity index is 1850. The Morgan fingerprint density at radius 3 is 2.47 bits per heavy atom. The van der Waals surface area contributed by atoms with Gasteiger partial charge in [0.2, 0.25) is 0 Å². The Kier molecular flexibility index (Phi) is 4.62. The van der Waals surface area contributed by atoms with Gasteiger partial charge in [-0.3, -0.25) is 14.4 Å². The van der Waals surface area contributed by atoms with Crippen LogP contribution in [0, 0.1) is 0 Å². The zero-order chi connectivity index (χ0) is 25.1. The fraction of sp³-hybridized carbons (Fsp3) is 0.0741. The van der Waals surface area contributed by atoms with Gasteiger partial charge in [-0.15, -0.1) is 0 Å². The van der Waals surface area contributed by atoms with Gasteiger partial charge < -0.3 is 28.9 Å². The van der Waals surface area contributed by atoms with Crippen molar-refractivity contribution in [2.24, 2.45) is 0 Å². The minimum atomic E-state index is -0.892. The lowest BCUT2D eigenvalue weighted by Crippen LogP contribution is -2.25. The van der Waals surface area contributed by atoms with Crippen LogP contribution in [-0.2, 0) is 4.79 Å². The lowest BCUT2D eigenvalue weighted by Gasteiger charge is -2.25. The number of phenols is 3. The number of phenolic OH excluding ortho intramolecular Hbond substituents is 3. The van der Waals surface area contributed by atoms with E-state index in [0.717, 1.165) is 12.1 Å². The first-order valence-corrected chi connectivity index (χ1v) is 10.9. The van der Waals surface area contributed by atoms with Gasteiger partial charge in [-0.25, -0.2) is 0 Å². The van der Waals surface area contributed by atoms with Crippen LogP contribution in [-0.4, -0.2) is 21.3 Å². The van der Waals surface area contributed by atoms with Crippen LogP contribution >= 0.6 is 0 Å². The molecule has 178 valence electrons. The number of fused-ring (bicyclic) bond motifs is 4. The summed E-state index contributed by atoms with van der Waals surface area (Å²) < 4.78 is 17.1. The van der Waals surface area contributed by atoms with Crippen LogP contribution in [0.3, 0.4) is 0 Å². The number of carbonyl (C=O) groups excluding carboxylic acids is 1. The minimum absolute atomic E-state index is 0.0248. The van der Waals surface area contributed by atoms with Gasteiger partial charge in [0.1, 0.15) is 33.8 Å². The van der Waals surface area contributed by atoms with E-state index >= 15 is 0 Å². The molecule has 0 unspecified atom stereocenters. The number of hydrogen-bond acceptors (Lipinski definition) is 9. The molecule has 9 heteroatoms. The van der Waals surface area contributed by atoms with E-state index in [0.29, 0.717) is 11.0 Å². The van der Waals surface area contributed by atoms with Crippen molar-refractivity contribution in [1.29, 1.82) is 0 Å². The number of ether oxygens (including phenoxy) is 1. The highest BCUT2D eigenvalue weighted by atomic mass is 16.5. The van der Waals surface area contributed by atoms with Crippen LogP contribution in [0.1, 0.15) is 23.5 Å². The van der Waals surface area contributed by atoms with Crippen LogP contribution in [0.2, 0.25) is 0 Å². The molecule has 0 saturated carbocycles. The quantitative estimate of drug-likeness (QED) is 0.191. The standard InChI is InChI=1S/C27H16O9/c28-16-6-5-12(7-17(16)29)21-9-18(30)25-19(31)10-22-24(27(25)36-21)14(8-23(32)35-22)15-11-34-20-4-2-1-3-13(20)26(15)33/h1-7,9-11,14,28-29,31H,8H2/t14-/m1/s1. The first kappa shape index (κ1) is 21.5. The highest BCUT2D eigenvalue weighted by Gasteiger charge is 2.35.